The molecule has 0 aromatic heterocycles. The van der Waals surface area contributed by atoms with Gasteiger partial charge in [-0.15, -0.1) is 0 Å². The molecule has 17 heavy (non-hydrogen) atoms. The quantitative estimate of drug-likeness (QED) is 0.495. The smallest absolute Gasteiger partial charge is 0.187 e. The van der Waals surface area contributed by atoms with Crippen LogP contribution in [0.25, 0.3) is 0 Å². The molecule has 1 aliphatic rings. The number of aliphatic hydroxyl groups excluding tert-OH is 4. The number of hydrogen-bond donors (Lipinski definition) is 4. The van der Waals surface area contributed by atoms with Crippen molar-refractivity contribution in [3.63, 3.8) is 0 Å². The Morgan fingerprint density at radius 1 is 1.29 bits per heavy atom. The maximum Gasteiger partial charge on any atom is 0.187 e. The molecule has 4 N–H and O–H groups in total. The van der Waals surface area contributed by atoms with Crippen LogP contribution in [0.5, 0.6) is 0 Å². The molecule has 0 aliphatic carbocycles. The predicted octanol–water partition coefficient (Wildman–Crippen LogP) is -1.32. The van der Waals surface area contributed by atoms with E-state index in [1.54, 1.807) is 0 Å². The minimum atomic E-state index is -1.48. The van der Waals surface area contributed by atoms with Crippen molar-refractivity contribution in [2.24, 2.45) is 0 Å². The second kappa shape index (κ2) is 6.39. The Kier molecular flexibility index (Phi) is 5.44. The van der Waals surface area contributed by atoms with E-state index in [2.05, 4.69) is 0 Å². The van der Waals surface area contributed by atoms with E-state index in [9.17, 15) is 19.7 Å². The van der Waals surface area contributed by atoms with Crippen LogP contribution in [0.1, 0.15) is 6.92 Å². The van der Waals surface area contributed by atoms with E-state index in [-0.39, 0.29) is 6.61 Å². The highest BCUT2D eigenvalue weighted by molar-refractivity contribution is 4.90. The second-order valence-corrected chi connectivity index (χ2v) is 3.82. The van der Waals surface area contributed by atoms with E-state index in [0.717, 1.165) is 6.08 Å². The summed E-state index contributed by atoms with van der Waals surface area (Å²) in [7, 11) is 0. The van der Waals surface area contributed by atoms with Gasteiger partial charge in [0.25, 0.3) is 0 Å². The summed E-state index contributed by atoms with van der Waals surface area (Å²) in [6, 6.07) is 0. The lowest BCUT2D eigenvalue weighted by Crippen LogP contribution is -2.59. The summed E-state index contributed by atoms with van der Waals surface area (Å²) in [6.45, 7) is 0.560. The van der Waals surface area contributed by atoms with Crippen molar-refractivity contribution in [3.8, 4) is 0 Å². The fraction of sp³-hybridized carbons (Fsp3) is 0.800. The maximum absolute atomic E-state index is 12.4. The third kappa shape index (κ3) is 3.70. The summed E-state index contributed by atoms with van der Waals surface area (Å²) in [4.78, 5) is 0. The van der Waals surface area contributed by atoms with Crippen LogP contribution in [0.4, 0.5) is 4.39 Å². The average molecular weight is 252 g/mol. The molecule has 5 atom stereocenters. The first-order valence-electron chi connectivity index (χ1n) is 5.21. The molecule has 0 spiro atoms. The Morgan fingerprint density at radius 3 is 2.47 bits per heavy atom. The zero-order valence-electron chi connectivity index (χ0n) is 9.36. The van der Waals surface area contributed by atoms with Gasteiger partial charge in [-0.3, -0.25) is 0 Å². The van der Waals surface area contributed by atoms with E-state index in [1.807, 2.05) is 0 Å². The number of allylic oxidation sites excluding steroid dienone is 1. The van der Waals surface area contributed by atoms with Crippen molar-refractivity contribution < 1.29 is 34.3 Å². The van der Waals surface area contributed by atoms with E-state index in [4.69, 9.17) is 14.6 Å². The van der Waals surface area contributed by atoms with Crippen LogP contribution in [-0.4, -0.2) is 64.3 Å². The fourth-order valence-electron chi connectivity index (χ4n) is 1.46. The standard InChI is InChI=1S/C10H17FO6/c1-5(11)2-3-16-10-9(15)8(14)7(13)6(4-12)17-10/h2,6-10,12-15H,3-4H2,1H3/b5-2+/t6?,7-,8+,9?,10-/m1/s1. The molecule has 0 radical (unpaired) electrons. The van der Waals surface area contributed by atoms with Crippen molar-refractivity contribution in [3.05, 3.63) is 11.9 Å². The van der Waals surface area contributed by atoms with Gasteiger partial charge in [0.2, 0.25) is 0 Å². The molecule has 0 amide bonds. The first-order valence-corrected chi connectivity index (χ1v) is 5.21. The number of aliphatic hydroxyl groups is 4. The summed E-state index contributed by atoms with van der Waals surface area (Å²) in [5.41, 5.74) is 0. The topological polar surface area (TPSA) is 99.4 Å². The molecule has 7 heteroatoms. The molecule has 1 aliphatic heterocycles. The van der Waals surface area contributed by atoms with Crippen LogP contribution >= 0.6 is 0 Å². The molecule has 1 heterocycles. The number of rotatable bonds is 4. The molecule has 100 valence electrons. The van der Waals surface area contributed by atoms with E-state index in [1.165, 1.54) is 6.92 Å². The minimum absolute atomic E-state index is 0.148. The van der Waals surface area contributed by atoms with Gasteiger partial charge in [0.05, 0.1) is 19.0 Å². The van der Waals surface area contributed by atoms with Crippen LogP contribution < -0.4 is 0 Å². The summed E-state index contributed by atoms with van der Waals surface area (Å²) in [5.74, 6) is -0.449. The van der Waals surface area contributed by atoms with Crippen molar-refractivity contribution >= 4 is 0 Å². The van der Waals surface area contributed by atoms with Gasteiger partial charge >= 0.3 is 0 Å². The number of ether oxygens (including phenoxy) is 2. The molecular formula is C10H17FO6. The van der Waals surface area contributed by atoms with Crippen molar-refractivity contribution in [2.45, 2.75) is 37.6 Å². The summed E-state index contributed by atoms with van der Waals surface area (Å²) in [5, 5.41) is 37.3. The van der Waals surface area contributed by atoms with Crippen molar-refractivity contribution in [2.75, 3.05) is 13.2 Å². The lowest BCUT2D eigenvalue weighted by atomic mass is 9.99. The minimum Gasteiger partial charge on any atom is -0.394 e. The Hall–Kier alpha value is -0.570. The monoisotopic (exact) mass is 252 g/mol. The van der Waals surface area contributed by atoms with Gasteiger partial charge in [0.15, 0.2) is 6.29 Å². The molecule has 0 saturated carbocycles. The van der Waals surface area contributed by atoms with Gasteiger partial charge in [-0.05, 0) is 13.0 Å². The van der Waals surface area contributed by atoms with Crippen LogP contribution in [-0.2, 0) is 9.47 Å². The van der Waals surface area contributed by atoms with Gasteiger partial charge < -0.3 is 29.9 Å². The molecule has 0 bridgehead atoms. The molecule has 0 aromatic carbocycles. The van der Waals surface area contributed by atoms with Crippen molar-refractivity contribution in [1.29, 1.82) is 0 Å². The molecule has 2 unspecified atom stereocenters. The Morgan fingerprint density at radius 2 is 1.94 bits per heavy atom. The maximum atomic E-state index is 12.4. The third-order valence-corrected chi connectivity index (χ3v) is 2.47. The SMILES string of the molecule is C/C(F)=C\CO[C@@H]1OC(CO)[C@@H](O)[C@H](O)C1O. The highest BCUT2D eigenvalue weighted by Gasteiger charge is 2.43. The molecule has 1 fully saturated rings. The van der Waals surface area contributed by atoms with Crippen LogP contribution in [0.15, 0.2) is 11.9 Å². The molecule has 6 nitrogen and oxygen atoms in total. The first-order chi connectivity index (χ1) is 7.97. The summed E-state index contributed by atoms with van der Waals surface area (Å²) >= 11 is 0. The van der Waals surface area contributed by atoms with Gasteiger partial charge in [-0.1, -0.05) is 0 Å². The van der Waals surface area contributed by atoms with Crippen LogP contribution in [0.2, 0.25) is 0 Å². The van der Waals surface area contributed by atoms with Crippen molar-refractivity contribution in [1.82, 2.24) is 0 Å². The highest BCUT2D eigenvalue weighted by Crippen LogP contribution is 2.21. The average Bonchev–Trinajstić information content (AvgIpc) is 2.29. The Labute approximate surface area is 97.9 Å². The Bertz CT molecular complexity index is 266. The van der Waals surface area contributed by atoms with Gasteiger partial charge in [-0.25, -0.2) is 4.39 Å². The Balaban J connectivity index is 2.56. The van der Waals surface area contributed by atoms with Gasteiger partial charge in [0, 0.05) is 0 Å². The second-order valence-electron chi connectivity index (χ2n) is 3.82. The molecule has 0 aromatic rings. The van der Waals surface area contributed by atoms with Crippen LogP contribution in [0, 0.1) is 0 Å². The lowest BCUT2D eigenvalue weighted by molar-refractivity contribution is -0.298. The zero-order chi connectivity index (χ0) is 13.0. The molecule has 1 saturated heterocycles. The zero-order valence-corrected chi connectivity index (χ0v) is 9.36. The molecule has 1 rings (SSSR count). The van der Waals surface area contributed by atoms with Gasteiger partial charge in [0.1, 0.15) is 24.4 Å². The van der Waals surface area contributed by atoms with E-state index >= 15 is 0 Å². The molecular weight excluding hydrogens is 235 g/mol. The largest absolute Gasteiger partial charge is 0.394 e. The summed E-state index contributed by atoms with van der Waals surface area (Å²) in [6.07, 6.45) is -5.48. The summed E-state index contributed by atoms with van der Waals surface area (Å²) < 4.78 is 22.4. The van der Waals surface area contributed by atoms with E-state index < -0.39 is 43.1 Å². The number of halogens is 1. The predicted molar refractivity (Wildman–Crippen MR) is 54.6 cm³/mol. The van der Waals surface area contributed by atoms with Crippen LogP contribution in [0.3, 0.4) is 0 Å². The lowest BCUT2D eigenvalue weighted by Gasteiger charge is -2.39. The fourth-order valence-corrected chi connectivity index (χ4v) is 1.46. The normalized spacial score (nSPS) is 39.4. The third-order valence-electron chi connectivity index (χ3n) is 2.47. The van der Waals surface area contributed by atoms with Gasteiger partial charge in [-0.2, -0.15) is 0 Å². The first kappa shape index (κ1) is 14.5. The number of hydrogen-bond acceptors (Lipinski definition) is 6. The highest BCUT2D eigenvalue weighted by atomic mass is 19.1. The van der Waals surface area contributed by atoms with E-state index in [0.29, 0.717) is 0 Å².